The monoisotopic (exact) mass is 531 g/mol. The number of nitrogens with zero attached hydrogens (tertiary/aromatic N) is 3. The van der Waals surface area contributed by atoms with Gasteiger partial charge in [-0.2, -0.15) is 26.3 Å². The SMILES string of the molecule is CC1(Nc2nnc(-c3ccc(-n4cc[nH]c4=O)cc3)c3ccccc23)C=C(C(F)(F)F)C=C(C(F)(F)F)C1. The van der Waals surface area contributed by atoms with Gasteiger partial charge in [-0.05, 0) is 31.2 Å². The highest BCUT2D eigenvalue weighted by molar-refractivity contribution is 6.00. The average Bonchev–Trinajstić information content (AvgIpc) is 3.28. The van der Waals surface area contributed by atoms with Crippen molar-refractivity contribution in [2.24, 2.45) is 0 Å². The molecular weight excluding hydrogens is 512 g/mol. The molecule has 0 amide bonds. The molecule has 0 spiro atoms. The van der Waals surface area contributed by atoms with Crippen molar-refractivity contribution in [1.29, 1.82) is 0 Å². The van der Waals surface area contributed by atoms with Crippen molar-refractivity contribution in [3.8, 4) is 16.9 Å². The molecule has 2 aromatic heterocycles. The number of halogens is 6. The molecule has 12 heteroatoms. The van der Waals surface area contributed by atoms with Gasteiger partial charge in [0.2, 0.25) is 0 Å². The van der Waals surface area contributed by atoms with Crippen molar-refractivity contribution < 1.29 is 26.3 Å². The molecule has 196 valence electrons. The van der Waals surface area contributed by atoms with Crippen molar-refractivity contribution in [3.63, 3.8) is 0 Å². The van der Waals surface area contributed by atoms with Crippen molar-refractivity contribution in [1.82, 2.24) is 19.7 Å². The van der Waals surface area contributed by atoms with Crippen LogP contribution >= 0.6 is 0 Å². The Morgan fingerprint density at radius 3 is 2.24 bits per heavy atom. The van der Waals surface area contributed by atoms with Crippen molar-refractivity contribution in [3.05, 3.63) is 94.7 Å². The molecule has 1 atom stereocenters. The van der Waals surface area contributed by atoms with E-state index in [2.05, 4.69) is 20.5 Å². The summed E-state index contributed by atoms with van der Waals surface area (Å²) in [7, 11) is 0. The number of rotatable bonds is 4. The zero-order valence-corrected chi connectivity index (χ0v) is 19.7. The number of alkyl halides is 6. The van der Waals surface area contributed by atoms with Gasteiger partial charge in [-0.15, -0.1) is 10.2 Å². The number of hydrogen-bond acceptors (Lipinski definition) is 4. The van der Waals surface area contributed by atoms with Crippen molar-refractivity contribution >= 4 is 16.6 Å². The zero-order chi connectivity index (χ0) is 27.3. The number of hydrogen-bond donors (Lipinski definition) is 2. The van der Waals surface area contributed by atoms with Crippen LogP contribution in [0.25, 0.3) is 27.7 Å². The third kappa shape index (κ3) is 4.81. The molecular formula is C26H19F6N5O. The topological polar surface area (TPSA) is 75.6 Å². The molecule has 1 aliphatic rings. The first-order valence-electron chi connectivity index (χ1n) is 11.3. The van der Waals surface area contributed by atoms with Gasteiger partial charge in [0.05, 0.1) is 16.8 Å². The number of imidazole rings is 1. The van der Waals surface area contributed by atoms with E-state index in [-0.39, 0.29) is 17.6 Å². The smallest absolute Gasteiger partial charge is 0.359 e. The summed E-state index contributed by atoms with van der Waals surface area (Å²) >= 11 is 0. The zero-order valence-electron chi connectivity index (χ0n) is 19.7. The maximum Gasteiger partial charge on any atom is 0.416 e. The molecule has 2 heterocycles. The second-order valence-electron chi connectivity index (χ2n) is 9.11. The summed E-state index contributed by atoms with van der Waals surface area (Å²) in [6.45, 7) is 1.25. The fourth-order valence-electron chi connectivity index (χ4n) is 4.48. The highest BCUT2D eigenvalue weighted by Crippen LogP contribution is 2.43. The van der Waals surface area contributed by atoms with Crippen LogP contribution in [0.2, 0.25) is 0 Å². The number of nitrogens with one attached hydrogen (secondary N) is 2. The lowest BCUT2D eigenvalue weighted by Gasteiger charge is -2.34. The summed E-state index contributed by atoms with van der Waals surface area (Å²) in [4.78, 5) is 14.4. The predicted molar refractivity (Wildman–Crippen MR) is 130 cm³/mol. The van der Waals surface area contributed by atoms with Crippen LogP contribution in [-0.2, 0) is 0 Å². The molecule has 38 heavy (non-hydrogen) atoms. The van der Waals surface area contributed by atoms with Gasteiger partial charge in [0.1, 0.15) is 5.69 Å². The van der Waals surface area contributed by atoms with E-state index in [0.29, 0.717) is 27.7 Å². The number of benzene rings is 2. The lowest BCUT2D eigenvalue weighted by atomic mass is 9.84. The van der Waals surface area contributed by atoms with Crippen molar-refractivity contribution in [2.45, 2.75) is 31.2 Å². The van der Waals surface area contributed by atoms with E-state index < -0.39 is 35.5 Å². The molecule has 0 radical (unpaired) electrons. The molecule has 2 N–H and O–H groups in total. The Kier molecular flexibility index (Phi) is 5.92. The number of aromatic nitrogens is 4. The summed E-state index contributed by atoms with van der Waals surface area (Å²) in [5.74, 6) is 0.0449. The Bertz CT molecular complexity index is 1630. The maximum absolute atomic E-state index is 13.5. The van der Waals surface area contributed by atoms with Gasteiger partial charge < -0.3 is 10.3 Å². The van der Waals surface area contributed by atoms with E-state index in [9.17, 15) is 31.1 Å². The molecule has 0 bridgehead atoms. The van der Waals surface area contributed by atoms with Gasteiger partial charge >= 0.3 is 18.0 Å². The molecule has 1 unspecified atom stereocenters. The normalized spacial score (nSPS) is 18.3. The van der Waals surface area contributed by atoms with E-state index in [4.69, 9.17) is 0 Å². The van der Waals surface area contributed by atoms with E-state index in [0.717, 1.165) is 6.08 Å². The van der Waals surface area contributed by atoms with Crippen LogP contribution in [0.4, 0.5) is 32.2 Å². The molecule has 0 saturated heterocycles. The van der Waals surface area contributed by atoms with E-state index in [1.807, 2.05) is 0 Å². The molecule has 2 aromatic carbocycles. The summed E-state index contributed by atoms with van der Waals surface area (Å²) in [5.41, 5.74) is -3.01. The first-order valence-corrected chi connectivity index (χ1v) is 11.3. The van der Waals surface area contributed by atoms with E-state index >= 15 is 0 Å². The van der Waals surface area contributed by atoms with Gasteiger partial charge in [0, 0.05) is 40.7 Å². The van der Waals surface area contributed by atoms with E-state index in [1.54, 1.807) is 54.7 Å². The van der Waals surface area contributed by atoms with Crippen LogP contribution in [0.1, 0.15) is 13.3 Å². The Hall–Kier alpha value is -4.35. The second kappa shape index (κ2) is 8.89. The fraction of sp³-hybridized carbons (Fsp3) is 0.192. The van der Waals surface area contributed by atoms with Crippen molar-refractivity contribution in [2.75, 3.05) is 5.32 Å². The average molecular weight is 531 g/mol. The molecule has 0 saturated carbocycles. The summed E-state index contributed by atoms with van der Waals surface area (Å²) in [5, 5.41) is 12.2. The number of fused-ring (bicyclic) bond motifs is 1. The Morgan fingerprint density at radius 2 is 1.63 bits per heavy atom. The third-order valence-electron chi connectivity index (χ3n) is 6.21. The first-order chi connectivity index (χ1) is 17.8. The minimum atomic E-state index is -4.96. The minimum absolute atomic E-state index is 0.0449. The summed E-state index contributed by atoms with van der Waals surface area (Å²) in [6.07, 6.45) is -6.65. The quantitative estimate of drug-likeness (QED) is 0.302. The van der Waals surface area contributed by atoms with Gasteiger partial charge in [-0.3, -0.25) is 4.57 Å². The van der Waals surface area contributed by atoms with Gasteiger partial charge in [0.15, 0.2) is 5.82 Å². The van der Waals surface area contributed by atoms with Gasteiger partial charge in [0.25, 0.3) is 0 Å². The van der Waals surface area contributed by atoms with Crippen LogP contribution in [0, 0.1) is 0 Å². The molecule has 4 aromatic rings. The first kappa shape index (κ1) is 25.3. The predicted octanol–water partition coefficient (Wildman–Crippen LogP) is 6.33. The Balaban J connectivity index is 1.54. The number of anilines is 1. The van der Waals surface area contributed by atoms with Crippen LogP contribution in [0.3, 0.4) is 0 Å². The second-order valence-corrected chi connectivity index (χ2v) is 9.11. The summed E-state index contributed by atoms with van der Waals surface area (Å²) in [6, 6.07) is 13.7. The minimum Gasteiger partial charge on any atom is -0.359 e. The molecule has 6 nitrogen and oxygen atoms in total. The number of aromatic amines is 1. The standard InChI is InChI=1S/C26H19F6N5O/c1-24(13-16(25(27,28)29)12-17(14-24)26(30,31)32)34-22-20-5-3-2-4-19(20)21(35-36-22)15-6-8-18(9-7-15)37-11-10-33-23(37)38/h2-13H,14H2,1H3,(H,33,38)(H,34,36). The third-order valence-corrected chi connectivity index (χ3v) is 6.21. The summed E-state index contributed by atoms with van der Waals surface area (Å²) < 4.78 is 82.2. The van der Waals surface area contributed by atoms with Gasteiger partial charge in [-0.1, -0.05) is 36.4 Å². The van der Waals surface area contributed by atoms with Crippen LogP contribution in [-0.4, -0.2) is 37.6 Å². The maximum atomic E-state index is 13.5. The molecule has 1 aliphatic carbocycles. The highest BCUT2D eigenvalue weighted by Gasteiger charge is 2.45. The lowest BCUT2D eigenvalue weighted by Crippen LogP contribution is -2.39. The number of allylic oxidation sites excluding steroid dienone is 2. The molecule has 0 fully saturated rings. The van der Waals surface area contributed by atoms with Crippen LogP contribution < -0.4 is 11.0 Å². The highest BCUT2D eigenvalue weighted by atomic mass is 19.4. The van der Waals surface area contributed by atoms with Crippen LogP contribution in [0.15, 0.2) is 89.0 Å². The van der Waals surface area contributed by atoms with Crippen LogP contribution in [0.5, 0.6) is 0 Å². The largest absolute Gasteiger partial charge is 0.416 e. The van der Waals surface area contributed by atoms with E-state index in [1.165, 1.54) is 17.7 Å². The lowest BCUT2D eigenvalue weighted by molar-refractivity contribution is -0.1000. The molecule has 0 aliphatic heterocycles. The fourth-order valence-corrected chi connectivity index (χ4v) is 4.48. The molecule has 5 rings (SSSR count). The number of H-pyrrole nitrogens is 1. The Morgan fingerprint density at radius 1 is 0.947 bits per heavy atom. The van der Waals surface area contributed by atoms with Gasteiger partial charge in [-0.25, -0.2) is 4.79 Å². The Labute approximate surface area is 211 Å².